The molecule has 0 aromatic carbocycles. The maximum Gasteiger partial charge on any atom is 2.00 e. The fourth-order valence-electron chi connectivity index (χ4n) is 0. The summed E-state index contributed by atoms with van der Waals surface area (Å²) < 4.78 is 0. The van der Waals surface area contributed by atoms with E-state index in [1.807, 2.05) is 0 Å². The molecule has 11 heavy (non-hydrogen) atoms. The molecule has 0 aliphatic heterocycles. The van der Waals surface area contributed by atoms with Crippen molar-refractivity contribution in [1.82, 2.24) is 0 Å². The quantitative estimate of drug-likeness (QED) is 0.412. The Bertz CT molecular complexity index is 34.1. The van der Waals surface area contributed by atoms with E-state index in [4.69, 9.17) is 0 Å². The molecular formula is C6H18Cl2Si2Zr. The summed E-state index contributed by atoms with van der Waals surface area (Å²) in [6.07, 6.45) is 0. The maximum atomic E-state index is 2.27. The van der Waals surface area contributed by atoms with Crippen LogP contribution < -0.4 is 24.8 Å². The van der Waals surface area contributed by atoms with Crippen molar-refractivity contribution in [3.63, 3.8) is 0 Å². The average molecular weight is 309 g/mol. The second-order valence-electron chi connectivity index (χ2n) is 3.00. The zero-order valence-electron chi connectivity index (χ0n) is 8.26. The monoisotopic (exact) mass is 306 g/mol. The topological polar surface area (TPSA) is 0 Å². The first-order valence-electron chi connectivity index (χ1n) is 3.00. The Morgan fingerprint density at radius 1 is 0.545 bits per heavy atom. The molecule has 2 radical (unpaired) electrons. The number of hydrogen-bond donors (Lipinski definition) is 0. The van der Waals surface area contributed by atoms with E-state index in [9.17, 15) is 0 Å². The van der Waals surface area contributed by atoms with Crippen molar-refractivity contribution in [3.8, 4) is 0 Å². The molecule has 0 saturated heterocycles. The fraction of sp³-hybridized carbons (Fsp3) is 1.00. The summed E-state index contributed by atoms with van der Waals surface area (Å²) in [5.41, 5.74) is 0. The third kappa shape index (κ3) is 324. The number of halogens is 2. The van der Waals surface area contributed by atoms with Crippen LogP contribution in [0.4, 0.5) is 0 Å². The standard InChI is InChI=1S/2C3H9Si.2ClH.Zr/c2*1-4(2)3;;;/h2*1-3H3;2*1H;/q;;;;+2/p-2. The normalized spacial score (nSPS) is 6.55. The van der Waals surface area contributed by atoms with Crippen molar-refractivity contribution in [1.29, 1.82) is 0 Å². The number of hydrogen-bond acceptors (Lipinski definition) is 0. The minimum absolute atomic E-state index is 0. The molecule has 5 heteroatoms. The van der Waals surface area contributed by atoms with E-state index >= 15 is 0 Å². The molecule has 0 aromatic heterocycles. The first kappa shape index (κ1) is 29.3. The van der Waals surface area contributed by atoms with E-state index < -0.39 is 0 Å². The summed E-state index contributed by atoms with van der Waals surface area (Å²) in [7, 11) is 0.241. The summed E-state index contributed by atoms with van der Waals surface area (Å²) in [5.74, 6) is 0. The largest absolute Gasteiger partial charge is 2.00 e. The Labute approximate surface area is 107 Å². The third-order valence-corrected chi connectivity index (χ3v) is 0. The molecular weight excluding hydrogens is 290 g/mol. The van der Waals surface area contributed by atoms with E-state index in [0.29, 0.717) is 0 Å². The van der Waals surface area contributed by atoms with Crippen LogP contribution in [0.3, 0.4) is 0 Å². The molecule has 0 aromatic rings. The molecule has 0 N–H and O–H groups in total. The fourth-order valence-corrected chi connectivity index (χ4v) is 0. The average Bonchev–Trinajstić information content (AvgIpc) is 1.25. The third-order valence-electron chi connectivity index (χ3n) is 0. The Balaban J connectivity index is -0.0000000171. The molecule has 0 saturated carbocycles. The molecule has 0 heterocycles. The van der Waals surface area contributed by atoms with Crippen molar-refractivity contribution in [2.45, 2.75) is 39.3 Å². The molecule has 0 rings (SSSR count). The van der Waals surface area contributed by atoms with Crippen LogP contribution in [0, 0.1) is 0 Å². The van der Waals surface area contributed by atoms with Gasteiger partial charge in [-0.3, -0.25) is 0 Å². The van der Waals surface area contributed by atoms with Crippen LogP contribution >= 0.6 is 0 Å². The molecule has 0 fully saturated rings. The van der Waals surface area contributed by atoms with Crippen LogP contribution in [0.1, 0.15) is 0 Å². The van der Waals surface area contributed by atoms with Gasteiger partial charge in [0.05, 0.1) is 0 Å². The molecule has 0 atom stereocenters. The molecule has 0 bridgehead atoms. The maximum absolute atomic E-state index is 2.27. The van der Waals surface area contributed by atoms with Crippen LogP contribution in [0.25, 0.3) is 0 Å². The van der Waals surface area contributed by atoms with Gasteiger partial charge in [0.1, 0.15) is 0 Å². The van der Waals surface area contributed by atoms with Gasteiger partial charge in [0, 0.05) is 17.6 Å². The summed E-state index contributed by atoms with van der Waals surface area (Å²) in [5, 5.41) is 0. The van der Waals surface area contributed by atoms with E-state index in [1.54, 1.807) is 0 Å². The summed E-state index contributed by atoms with van der Waals surface area (Å²) in [6, 6.07) is 0. The van der Waals surface area contributed by atoms with Gasteiger partial charge >= 0.3 is 26.2 Å². The van der Waals surface area contributed by atoms with Crippen molar-refractivity contribution in [3.05, 3.63) is 0 Å². The molecule has 68 valence electrons. The van der Waals surface area contributed by atoms with Gasteiger partial charge in [-0.1, -0.05) is 39.3 Å². The molecule has 0 aliphatic rings. The Morgan fingerprint density at radius 2 is 0.545 bits per heavy atom. The Kier molecular flexibility index (Phi) is 60.3. The second kappa shape index (κ2) is 22.7. The molecule has 0 aliphatic carbocycles. The zero-order chi connectivity index (χ0) is 7.15. The number of rotatable bonds is 0. The van der Waals surface area contributed by atoms with Crippen LogP contribution in [0.2, 0.25) is 39.3 Å². The van der Waals surface area contributed by atoms with E-state index in [0.717, 1.165) is 0 Å². The van der Waals surface area contributed by atoms with E-state index in [-0.39, 0.29) is 68.6 Å². The predicted octanol–water partition coefficient (Wildman–Crippen LogP) is -3.25. The predicted molar refractivity (Wildman–Crippen MR) is 46.7 cm³/mol. The van der Waals surface area contributed by atoms with Gasteiger partial charge in [-0.15, -0.1) is 0 Å². The second-order valence-corrected chi connectivity index (χ2v) is 9.00. The Morgan fingerprint density at radius 3 is 0.545 bits per heavy atom. The van der Waals surface area contributed by atoms with Gasteiger partial charge < -0.3 is 24.8 Å². The van der Waals surface area contributed by atoms with Crippen LogP contribution in [-0.2, 0) is 26.2 Å². The first-order chi connectivity index (χ1) is 3.46. The minimum Gasteiger partial charge on any atom is -1.00 e. The van der Waals surface area contributed by atoms with Gasteiger partial charge in [0.25, 0.3) is 0 Å². The van der Waals surface area contributed by atoms with E-state index in [1.165, 1.54) is 0 Å². The summed E-state index contributed by atoms with van der Waals surface area (Å²) in [6.45, 7) is 13.6. The van der Waals surface area contributed by atoms with Crippen molar-refractivity contribution in [2.75, 3.05) is 0 Å². The summed E-state index contributed by atoms with van der Waals surface area (Å²) >= 11 is 0. The first-order valence-corrected chi connectivity index (χ1v) is 9.00. The van der Waals surface area contributed by atoms with Gasteiger partial charge in [-0.05, 0) is 0 Å². The van der Waals surface area contributed by atoms with Gasteiger partial charge in [0.2, 0.25) is 0 Å². The minimum atomic E-state index is 0. The van der Waals surface area contributed by atoms with Gasteiger partial charge in [0.15, 0.2) is 0 Å². The van der Waals surface area contributed by atoms with Gasteiger partial charge in [-0.25, -0.2) is 0 Å². The van der Waals surface area contributed by atoms with Crippen molar-refractivity contribution < 1.29 is 51.0 Å². The van der Waals surface area contributed by atoms with Crippen molar-refractivity contribution >= 4 is 17.6 Å². The van der Waals surface area contributed by atoms with E-state index in [2.05, 4.69) is 39.3 Å². The molecule has 0 unspecified atom stereocenters. The van der Waals surface area contributed by atoms with Crippen LogP contribution in [-0.4, -0.2) is 17.6 Å². The molecule has 0 nitrogen and oxygen atoms in total. The molecule has 0 spiro atoms. The summed E-state index contributed by atoms with van der Waals surface area (Å²) in [4.78, 5) is 0. The van der Waals surface area contributed by atoms with Crippen LogP contribution in [0.15, 0.2) is 0 Å². The molecule has 0 amide bonds. The smallest absolute Gasteiger partial charge is 1.00 e. The Hall–Kier alpha value is 1.90. The van der Waals surface area contributed by atoms with Gasteiger partial charge in [-0.2, -0.15) is 0 Å². The zero-order valence-corrected chi connectivity index (χ0v) is 14.2. The van der Waals surface area contributed by atoms with Crippen LogP contribution in [0.5, 0.6) is 0 Å². The van der Waals surface area contributed by atoms with Crippen molar-refractivity contribution in [2.24, 2.45) is 0 Å². The SMILES string of the molecule is C[Si](C)C.C[Si](C)C.[Cl-].[Cl-].[Zr+2].